The lowest BCUT2D eigenvalue weighted by Crippen LogP contribution is -2.52. The Balaban J connectivity index is 1.43. The van der Waals surface area contributed by atoms with Crippen molar-refractivity contribution in [1.82, 2.24) is 14.5 Å². The first kappa shape index (κ1) is 28.8. The van der Waals surface area contributed by atoms with Gasteiger partial charge in [-0.3, -0.25) is 14.4 Å². The highest BCUT2D eigenvalue weighted by Crippen LogP contribution is 2.30. The van der Waals surface area contributed by atoms with Crippen molar-refractivity contribution in [2.45, 2.75) is 62.0 Å². The molecule has 1 aliphatic carbocycles. The van der Waals surface area contributed by atoms with Gasteiger partial charge in [0, 0.05) is 37.0 Å². The molecule has 0 radical (unpaired) electrons. The number of halogens is 1. The Bertz CT molecular complexity index is 1540. The topological polar surface area (TPSA) is 104 Å². The first-order valence-electron chi connectivity index (χ1n) is 13.8. The standard InChI is InChI=1S/C31H32ClN3O5S/c32-24-12-8-11-23(19-24)21-34(27(20-22-9-2-1-3-10-22)30(37)33-25-13-4-5-14-25)29(36)17-18-35-31(38)26-15-6-7-16-28(26)41(35,39)40/h1-3,6-12,15-16,19,25,27H,4-5,13-14,17-18,20-21H2,(H,33,37)/t27-/m1/s1. The van der Waals surface area contributed by atoms with E-state index in [1.807, 2.05) is 36.4 Å². The number of carbonyl (C=O) groups excluding carboxylic acids is 3. The normalized spacial score (nSPS) is 16.8. The van der Waals surface area contributed by atoms with E-state index in [4.69, 9.17) is 11.6 Å². The van der Waals surface area contributed by atoms with Gasteiger partial charge in [-0.05, 0) is 48.2 Å². The lowest BCUT2D eigenvalue weighted by atomic mass is 10.0. The van der Waals surface area contributed by atoms with Gasteiger partial charge in [-0.2, -0.15) is 0 Å². The van der Waals surface area contributed by atoms with Crippen LogP contribution in [0.5, 0.6) is 0 Å². The van der Waals surface area contributed by atoms with Crippen molar-refractivity contribution in [2.75, 3.05) is 6.54 Å². The van der Waals surface area contributed by atoms with Gasteiger partial charge in [-0.15, -0.1) is 0 Å². The minimum absolute atomic E-state index is 0.0507. The smallest absolute Gasteiger partial charge is 0.269 e. The van der Waals surface area contributed by atoms with Crippen molar-refractivity contribution in [2.24, 2.45) is 0 Å². The molecular formula is C31H32ClN3O5S. The fourth-order valence-electron chi connectivity index (χ4n) is 5.55. The van der Waals surface area contributed by atoms with Gasteiger partial charge in [0.05, 0.1) is 5.56 Å². The molecule has 1 fully saturated rings. The Kier molecular flexibility index (Phi) is 8.75. The van der Waals surface area contributed by atoms with Crippen molar-refractivity contribution < 1.29 is 22.8 Å². The maximum Gasteiger partial charge on any atom is 0.269 e. The average molecular weight is 594 g/mol. The van der Waals surface area contributed by atoms with Gasteiger partial charge in [0.2, 0.25) is 11.8 Å². The Morgan fingerprint density at radius 1 is 0.951 bits per heavy atom. The maximum atomic E-state index is 13.9. The first-order valence-corrected chi connectivity index (χ1v) is 15.6. The summed E-state index contributed by atoms with van der Waals surface area (Å²) >= 11 is 6.24. The van der Waals surface area contributed by atoms with Crippen LogP contribution in [0.3, 0.4) is 0 Å². The number of rotatable bonds is 10. The summed E-state index contributed by atoms with van der Waals surface area (Å²) in [5.41, 5.74) is 1.71. The summed E-state index contributed by atoms with van der Waals surface area (Å²) in [7, 11) is -4.07. The van der Waals surface area contributed by atoms with E-state index in [9.17, 15) is 22.8 Å². The molecule has 2 aliphatic rings. The molecule has 1 aliphatic heterocycles. The van der Waals surface area contributed by atoms with Gasteiger partial charge in [0.25, 0.3) is 15.9 Å². The highest BCUT2D eigenvalue weighted by Gasteiger charge is 2.41. The first-order chi connectivity index (χ1) is 19.7. The van der Waals surface area contributed by atoms with Gasteiger partial charge in [-0.1, -0.05) is 79.0 Å². The van der Waals surface area contributed by atoms with Crippen LogP contribution >= 0.6 is 11.6 Å². The summed E-state index contributed by atoms with van der Waals surface area (Å²) in [5.74, 6) is -1.35. The van der Waals surface area contributed by atoms with E-state index in [2.05, 4.69) is 5.32 Å². The number of carbonyl (C=O) groups is 3. The van der Waals surface area contributed by atoms with Crippen molar-refractivity contribution in [3.05, 3.63) is 101 Å². The van der Waals surface area contributed by atoms with Crippen LogP contribution in [0.2, 0.25) is 5.02 Å². The van der Waals surface area contributed by atoms with Gasteiger partial charge in [0.1, 0.15) is 10.9 Å². The molecule has 0 aromatic heterocycles. The summed E-state index contributed by atoms with van der Waals surface area (Å²) in [6.07, 6.45) is 3.86. The molecule has 0 unspecified atom stereocenters. The number of nitrogens with one attached hydrogen (secondary N) is 1. The predicted octanol–water partition coefficient (Wildman–Crippen LogP) is 4.57. The zero-order valence-electron chi connectivity index (χ0n) is 22.5. The number of amides is 3. The molecule has 214 valence electrons. The molecule has 1 heterocycles. The summed E-state index contributed by atoms with van der Waals surface area (Å²) in [6, 6.07) is 21.7. The number of sulfonamides is 1. The third-order valence-corrected chi connectivity index (χ3v) is 9.73. The van der Waals surface area contributed by atoms with E-state index in [-0.39, 0.29) is 48.3 Å². The van der Waals surface area contributed by atoms with E-state index in [0.717, 1.165) is 41.1 Å². The third kappa shape index (κ3) is 6.47. The number of benzene rings is 3. The number of fused-ring (bicyclic) bond motifs is 1. The molecule has 5 rings (SSSR count). The van der Waals surface area contributed by atoms with E-state index >= 15 is 0 Å². The third-order valence-electron chi connectivity index (χ3n) is 7.66. The van der Waals surface area contributed by atoms with Gasteiger partial charge >= 0.3 is 0 Å². The van der Waals surface area contributed by atoms with Crippen molar-refractivity contribution in [1.29, 1.82) is 0 Å². The molecular weight excluding hydrogens is 562 g/mol. The highest BCUT2D eigenvalue weighted by molar-refractivity contribution is 7.90. The molecule has 3 aromatic rings. The molecule has 0 bridgehead atoms. The van der Waals surface area contributed by atoms with Crippen LogP contribution in [0.15, 0.2) is 83.8 Å². The summed E-state index contributed by atoms with van der Waals surface area (Å²) in [5, 5.41) is 3.64. The fraction of sp³-hybridized carbons (Fsp3) is 0.323. The summed E-state index contributed by atoms with van der Waals surface area (Å²) in [4.78, 5) is 42.1. The van der Waals surface area contributed by atoms with Crippen molar-refractivity contribution in [3.63, 3.8) is 0 Å². The Morgan fingerprint density at radius 2 is 1.63 bits per heavy atom. The Morgan fingerprint density at radius 3 is 2.34 bits per heavy atom. The Hall–Kier alpha value is -3.69. The van der Waals surface area contributed by atoms with Crippen LogP contribution in [0.4, 0.5) is 0 Å². The molecule has 1 N–H and O–H groups in total. The van der Waals surface area contributed by atoms with Crippen molar-refractivity contribution >= 4 is 39.3 Å². The zero-order chi connectivity index (χ0) is 29.0. The van der Waals surface area contributed by atoms with E-state index < -0.39 is 27.9 Å². The molecule has 8 nitrogen and oxygen atoms in total. The van der Waals surface area contributed by atoms with Gasteiger partial charge in [0.15, 0.2) is 0 Å². The molecule has 10 heteroatoms. The second-order valence-corrected chi connectivity index (χ2v) is 12.7. The second kappa shape index (κ2) is 12.4. The number of nitrogens with zero attached hydrogens (tertiary/aromatic N) is 2. The zero-order valence-corrected chi connectivity index (χ0v) is 24.1. The van der Waals surface area contributed by atoms with Gasteiger partial charge < -0.3 is 10.2 Å². The molecule has 0 spiro atoms. The minimum atomic E-state index is -4.07. The number of hydrogen-bond donors (Lipinski definition) is 1. The average Bonchev–Trinajstić information content (AvgIpc) is 3.54. The van der Waals surface area contributed by atoms with Crippen LogP contribution in [0.25, 0.3) is 0 Å². The molecule has 1 atom stereocenters. The second-order valence-electron chi connectivity index (χ2n) is 10.5. The van der Waals surface area contributed by atoms with Crippen molar-refractivity contribution in [3.8, 4) is 0 Å². The van der Waals surface area contributed by atoms with E-state index in [1.54, 1.807) is 30.3 Å². The summed E-state index contributed by atoms with van der Waals surface area (Å²) < 4.78 is 26.9. The maximum absolute atomic E-state index is 13.9. The van der Waals surface area contributed by atoms with Crippen LogP contribution in [-0.2, 0) is 32.6 Å². The number of hydrogen-bond acceptors (Lipinski definition) is 5. The largest absolute Gasteiger partial charge is 0.352 e. The van der Waals surface area contributed by atoms with Crippen LogP contribution in [0.1, 0.15) is 53.6 Å². The minimum Gasteiger partial charge on any atom is -0.352 e. The Labute approximate surface area is 245 Å². The van der Waals surface area contributed by atoms with E-state index in [0.29, 0.717) is 5.02 Å². The summed E-state index contributed by atoms with van der Waals surface area (Å²) in [6.45, 7) is -0.237. The SMILES string of the molecule is O=C(NC1CCCC1)[C@@H](Cc1ccccc1)N(Cc1cccc(Cl)c1)C(=O)CCN1C(=O)c2ccccc2S1(=O)=O. The molecule has 1 saturated carbocycles. The monoisotopic (exact) mass is 593 g/mol. The van der Waals surface area contributed by atoms with Crippen LogP contribution in [0, 0.1) is 0 Å². The highest BCUT2D eigenvalue weighted by atomic mass is 35.5. The van der Waals surface area contributed by atoms with Crippen LogP contribution < -0.4 is 5.32 Å². The van der Waals surface area contributed by atoms with Crippen LogP contribution in [-0.4, -0.2) is 54.0 Å². The lowest BCUT2D eigenvalue weighted by Gasteiger charge is -2.33. The fourth-order valence-corrected chi connectivity index (χ4v) is 7.33. The molecule has 41 heavy (non-hydrogen) atoms. The van der Waals surface area contributed by atoms with Gasteiger partial charge in [-0.25, -0.2) is 12.7 Å². The molecule has 3 amide bonds. The van der Waals surface area contributed by atoms with E-state index in [1.165, 1.54) is 17.0 Å². The lowest BCUT2D eigenvalue weighted by molar-refractivity contribution is -0.141. The molecule has 3 aromatic carbocycles. The molecule has 0 saturated heterocycles. The quantitative estimate of drug-likeness (QED) is 0.371. The predicted molar refractivity (Wildman–Crippen MR) is 156 cm³/mol.